The van der Waals surface area contributed by atoms with Gasteiger partial charge in [-0.15, -0.1) is 0 Å². The van der Waals surface area contributed by atoms with E-state index in [4.69, 9.17) is 14.2 Å². The molecule has 3 rings (SSSR count). The molecule has 0 radical (unpaired) electrons. The van der Waals surface area contributed by atoms with Crippen LogP contribution < -0.4 is 14.2 Å². The summed E-state index contributed by atoms with van der Waals surface area (Å²) in [4.78, 5) is 14.7. The van der Waals surface area contributed by atoms with Crippen LogP contribution in [-0.2, 0) is 27.9 Å². The molecule has 0 spiro atoms. The predicted octanol–water partition coefficient (Wildman–Crippen LogP) is 4.01. The number of ether oxygens (including phenoxy) is 3. The van der Waals surface area contributed by atoms with E-state index in [0.717, 1.165) is 9.87 Å². The second-order valence-electron chi connectivity index (χ2n) is 8.50. The third-order valence-corrected chi connectivity index (χ3v) is 7.62. The topological polar surface area (TPSA) is 85.4 Å². The molecule has 10 heteroatoms. The Balaban J connectivity index is 1.87. The second kappa shape index (κ2) is 12.1. The summed E-state index contributed by atoms with van der Waals surface area (Å²) in [5.74, 6) is 0.456. The van der Waals surface area contributed by atoms with Crippen molar-refractivity contribution in [1.29, 1.82) is 0 Å². The van der Waals surface area contributed by atoms with Gasteiger partial charge >= 0.3 is 0 Å². The van der Waals surface area contributed by atoms with Gasteiger partial charge in [-0.1, -0.05) is 29.8 Å². The zero-order valence-corrected chi connectivity index (χ0v) is 22.3. The molecular formula is C27H31FN2O6S. The number of amides is 1. The minimum Gasteiger partial charge on any atom is -0.493 e. The molecule has 3 aromatic carbocycles. The van der Waals surface area contributed by atoms with E-state index in [1.54, 1.807) is 31.3 Å². The number of hydrogen-bond donors (Lipinski definition) is 0. The van der Waals surface area contributed by atoms with Crippen LogP contribution in [0.4, 0.5) is 4.39 Å². The zero-order chi connectivity index (χ0) is 27.2. The third-order valence-electron chi connectivity index (χ3n) is 5.81. The van der Waals surface area contributed by atoms with Crippen molar-refractivity contribution in [3.63, 3.8) is 0 Å². The molecule has 1 amide bonds. The summed E-state index contributed by atoms with van der Waals surface area (Å²) in [6, 6.07) is 15.4. The van der Waals surface area contributed by atoms with Gasteiger partial charge in [0.05, 0.1) is 32.8 Å². The number of carbonyl (C=O) groups excluding carboxylic acids is 1. The molecule has 0 unspecified atom stereocenters. The first kappa shape index (κ1) is 27.9. The van der Waals surface area contributed by atoms with E-state index in [2.05, 4.69) is 0 Å². The number of rotatable bonds is 11. The molecule has 0 aromatic heterocycles. The number of hydrogen-bond acceptors (Lipinski definition) is 6. The van der Waals surface area contributed by atoms with Crippen LogP contribution in [0, 0.1) is 12.7 Å². The Hall–Kier alpha value is -3.63. The molecule has 0 fully saturated rings. The first-order valence-corrected chi connectivity index (χ1v) is 12.9. The maximum absolute atomic E-state index is 13.5. The lowest BCUT2D eigenvalue weighted by Crippen LogP contribution is -2.41. The van der Waals surface area contributed by atoms with Crippen molar-refractivity contribution in [3.8, 4) is 17.2 Å². The average molecular weight is 531 g/mol. The van der Waals surface area contributed by atoms with E-state index in [0.29, 0.717) is 28.4 Å². The van der Waals surface area contributed by atoms with Gasteiger partial charge < -0.3 is 19.1 Å². The standard InChI is InChI=1S/C27H31FN2O6S/c1-19-6-12-23(13-7-19)37(32,33)30(17-20-8-10-22(28)11-9-20)18-26(31)29(2)16-21-14-24(34-3)27(36-5)25(15-21)35-4/h6-15H,16-18H2,1-5H3. The summed E-state index contributed by atoms with van der Waals surface area (Å²) in [6.07, 6.45) is 0. The van der Waals surface area contributed by atoms with Gasteiger partial charge in [-0.2, -0.15) is 4.31 Å². The van der Waals surface area contributed by atoms with Crippen LogP contribution in [0.15, 0.2) is 65.6 Å². The summed E-state index contributed by atoms with van der Waals surface area (Å²) in [5.41, 5.74) is 2.17. The maximum Gasteiger partial charge on any atom is 0.243 e. The fourth-order valence-electron chi connectivity index (χ4n) is 3.74. The smallest absolute Gasteiger partial charge is 0.243 e. The summed E-state index contributed by atoms with van der Waals surface area (Å²) in [7, 11) is 2.06. The number of sulfonamides is 1. The van der Waals surface area contributed by atoms with E-state index in [1.165, 1.54) is 62.6 Å². The monoisotopic (exact) mass is 530 g/mol. The van der Waals surface area contributed by atoms with E-state index in [9.17, 15) is 17.6 Å². The second-order valence-corrected chi connectivity index (χ2v) is 10.4. The molecule has 0 N–H and O–H groups in total. The maximum atomic E-state index is 13.5. The molecule has 3 aromatic rings. The molecule has 198 valence electrons. The number of nitrogens with zero attached hydrogens (tertiary/aromatic N) is 2. The molecule has 37 heavy (non-hydrogen) atoms. The third kappa shape index (κ3) is 6.78. The highest BCUT2D eigenvalue weighted by atomic mass is 32.2. The normalized spacial score (nSPS) is 11.3. The fraction of sp³-hybridized carbons (Fsp3) is 0.296. The Morgan fingerprint density at radius 2 is 1.41 bits per heavy atom. The van der Waals surface area contributed by atoms with Crippen molar-refractivity contribution in [2.24, 2.45) is 0 Å². The first-order valence-electron chi connectivity index (χ1n) is 11.4. The van der Waals surface area contributed by atoms with Gasteiger partial charge in [0.1, 0.15) is 5.82 Å². The largest absolute Gasteiger partial charge is 0.493 e. The van der Waals surface area contributed by atoms with E-state index in [-0.39, 0.29) is 18.0 Å². The van der Waals surface area contributed by atoms with Crippen LogP contribution in [0.5, 0.6) is 17.2 Å². The highest BCUT2D eigenvalue weighted by Crippen LogP contribution is 2.38. The van der Waals surface area contributed by atoms with Gasteiger partial charge in [0.15, 0.2) is 11.5 Å². The lowest BCUT2D eigenvalue weighted by molar-refractivity contribution is -0.130. The van der Waals surface area contributed by atoms with Crippen LogP contribution in [0.1, 0.15) is 16.7 Å². The molecule has 0 aliphatic heterocycles. The van der Waals surface area contributed by atoms with Crippen LogP contribution in [0.2, 0.25) is 0 Å². The quantitative estimate of drug-likeness (QED) is 0.373. The molecule has 0 aliphatic carbocycles. The summed E-state index contributed by atoms with van der Waals surface area (Å²) in [5, 5.41) is 0. The molecule has 0 saturated heterocycles. The average Bonchev–Trinajstić information content (AvgIpc) is 2.88. The lowest BCUT2D eigenvalue weighted by atomic mass is 10.1. The van der Waals surface area contributed by atoms with E-state index in [1.807, 2.05) is 6.92 Å². The van der Waals surface area contributed by atoms with Crippen LogP contribution >= 0.6 is 0 Å². The highest BCUT2D eigenvalue weighted by Gasteiger charge is 2.28. The Labute approximate surface area is 217 Å². The SMILES string of the molecule is COc1cc(CN(C)C(=O)CN(Cc2ccc(F)cc2)S(=O)(=O)c2ccc(C)cc2)cc(OC)c1OC. The van der Waals surface area contributed by atoms with Crippen LogP contribution in [0.25, 0.3) is 0 Å². The summed E-state index contributed by atoms with van der Waals surface area (Å²) in [6.45, 7) is 1.52. The molecular weight excluding hydrogens is 499 g/mol. The van der Waals surface area contributed by atoms with Crippen molar-refractivity contribution in [3.05, 3.63) is 83.2 Å². The minimum absolute atomic E-state index is 0.0697. The summed E-state index contributed by atoms with van der Waals surface area (Å²) < 4.78 is 57.6. The fourth-order valence-corrected chi connectivity index (χ4v) is 5.12. The van der Waals surface area contributed by atoms with Crippen molar-refractivity contribution in [2.75, 3.05) is 34.9 Å². The van der Waals surface area contributed by atoms with Crippen LogP contribution in [-0.4, -0.2) is 58.5 Å². The Morgan fingerprint density at radius 1 is 0.838 bits per heavy atom. The van der Waals surface area contributed by atoms with Crippen LogP contribution in [0.3, 0.4) is 0 Å². The number of halogens is 1. The molecule has 8 nitrogen and oxygen atoms in total. The number of benzene rings is 3. The van der Waals surface area contributed by atoms with Gasteiger partial charge in [-0.05, 0) is 54.4 Å². The van der Waals surface area contributed by atoms with Crippen molar-refractivity contribution in [1.82, 2.24) is 9.21 Å². The van der Waals surface area contributed by atoms with Crippen molar-refractivity contribution >= 4 is 15.9 Å². The number of aryl methyl sites for hydroxylation is 1. The molecule has 0 aliphatic rings. The zero-order valence-electron chi connectivity index (χ0n) is 21.5. The van der Waals surface area contributed by atoms with E-state index < -0.39 is 28.3 Å². The number of likely N-dealkylation sites (N-methyl/N-ethyl adjacent to an activating group) is 1. The van der Waals surface area contributed by atoms with Gasteiger partial charge in [-0.3, -0.25) is 4.79 Å². The Bertz CT molecular complexity index is 1300. The number of methoxy groups -OCH3 is 3. The first-order chi connectivity index (χ1) is 17.6. The minimum atomic E-state index is -4.02. The summed E-state index contributed by atoms with van der Waals surface area (Å²) >= 11 is 0. The van der Waals surface area contributed by atoms with Gasteiger partial charge in [0.25, 0.3) is 0 Å². The molecule has 0 bridgehead atoms. The van der Waals surface area contributed by atoms with Crippen molar-refractivity contribution in [2.45, 2.75) is 24.9 Å². The number of carbonyl (C=O) groups is 1. The van der Waals surface area contributed by atoms with E-state index >= 15 is 0 Å². The van der Waals surface area contributed by atoms with Gasteiger partial charge in [0.2, 0.25) is 21.7 Å². The highest BCUT2D eigenvalue weighted by molar-refractivity contribution is 7.89. The Morgan fingerprint density at radius 3 is 1.92 bits per heavy atom. The van der Waals surface area contributed by atoms with Gasteiger partial charge in [0, 0.05) is 20.1 Å². The van der Waals surface area contributed by atoms with Gasteiger partial charge in [-0.25, -0.2) is 12.8 Å². The Kier molecular flexibility index (Phi) is 9.12. The predicted molar refractivity (Wildman–Crippen MR) is 138 cm³/mol. The molecule has 0 atom stereocenters. The van der Waals surface area contributed by atoms with Crippen molar-refractivity contribution < 1.29 is 31.8 Å². The molecule has 0 saturated carbocycles. The molecule has 0 heterocycles. The lowest BCUT2D eigenvalue weighted by Gasteiger charge is -2.25.